The number of hydrogen-bond donors (Lipinski definition) is 0. The first-order valence-electron chi connectivity index (χ1n) is 12.7. The van der Waals surface area contributed by atoms with Gasteiger partial charge < -0.3 is 19.3 Å². The van der Waals surface area contributed by atoms with Gasteiger partial charge in [0.15, 0.2) is 0 Å². The maximum Gasteiger partial charge on any atom is 0.231 e. The van der Waals surface area contributed by atoms with Gasteiger partial charge in [0.05, 0.1) is 13.2 Å². The first-order chi connectivity index (χ1) is 15.0. The predicted molar refractivity (Wildman–Crippen MR) is 128 cm³/mol. The van der Waals surface area contributed by atoms with Crippen LogP contribution in [0.1, 0.15) is 97.3 Å². The summed E-state index contributed by atoms with van der Waals surface area (Å²) in [6, 6.07) is 0. The Hall–Kier alpha value is -1.14. The SMILES string of the molecule is CCCCCCCCOCCN(C)C(=O)CC(=O)N(C)CCOCCCCCCCC. The normalized spacial score (nSPS) is 11.0. The minimum atomic E-state index is -0.159. The van der Waals surface area contributed by atoms with E-state index in [0.29, 0.717) is 26.3 Å². The van der Waals surface area contributed by atoms with E-state index in [-0.39, 0.29) is 18.2 Å². The van der Waals surface area contributed by atoms with Crippen LogP contribution in [0, 0.1) is 0 Å². The van der Waals surface area contributed by atoms with Crippen LogP contribution in [-0.2, 0) is 19.1 Å². The topological polar surface area (TPSA) is 59.1 Å². The molecule has 31 heavy (non-hydrogen) atoms. The number of carbonyl (C=O) groups is 2. The summed E-state index contributed by atoms with van der Waals surface area (Å²) in [7, 11) is 3.46. The molecule has 0 aromatic rings. The third-order valence-electron chi connectivity index (χ3n) is 5.58. The molecule has 0 rings (SSSR count). The molecule has 0 spiro atoms. The third kappa shape index (κ3) is 19.3. The molecule has 0 aliphatic carbocycles. The Labute approximate surface area is 192 Å². The Kier molecular flexibility index (Phi) is 21.3. The van der Waals surface area contributed by atoms with Crippen molar-refractivity contribution in [1.82, 2.24) is 9.80 Å². The van der Waals surface area contributed by atoms with Crippen molar-refractivity contribution in [1.29, 1.82) is 0 Å². The predicted octanol–water partition coefficient (Wildman–Crippen LogP) is 5.05. The molecule has 6 heteroatoms. The van der Waals surface area contributed by atoms with Crippen LogP contribution in [0.15, 0.2) is 0 Å². The van der Waals surface area contributed by atoms with Crippen LogP contribution in [0.25, 0.3) is 0 Å². The van der Waals surface area contributed by atoms with Crippen LogP contribution < -0.4 is 0 Å². The van der Waals surface area contributed by atoms with E-state index in [1.165, 1.54) is 64.2 Å². The van der Waals surface area contributed by atoms with Crippen LogP contribution in [0.3, 0.4) is 0 Å². The van der Waals surface area contributed by atoms with Crippen molar-refractivity contribution in [2.45, 2.75) is 97.3 Å². The molecule has 0 radical (unpaired) electrons. The van der Waals surface area contributed by atoms with Crippen molar-refractivity contribution >= 4 is 11.8 Å². The molecular formula is C25H50N2O4. The van der Waals surface area contributed by atoms with E-state index in [2.05, 4.69) is 13.8 Å². The average molecular weight is 443 g/mol. The van der Waals surface area contributed by atoms with E-state index in [0.717, 1.165) is 26.1 Å². The Bertz CT molecular complexity index is 394. The van der Waals surface area contributed by atoms with E-state index in [9.17, 15) is 9.59 Å². The van der Waals surface area contributed by atoms with Gasteiger partial charge in [0.1, 0.15) is 6.42 Å². The largest absolute Gasteiger partial charge is 0.380 e. The maximum atomic E-state index is 12.2. The van der Waals surface area contributed by atoms with Gasteiger partial charge in [-0.3, -0.25) is 9.59 Å². The second-order valence-corrected chi connectivity index (χ2v) is 8.57. The lowest BCUT2D eigenvalue weighted by atomic mass is 10.1. The van der Waals surface area contributed by atoms with Crippen molar-refractivity contribution in [3.63, 3.8) is 0 Å². The molecule has 0 aliphatic heterocycles. The van der Waals surface area contributed by atoms with Gasteiger partial charge in [-0.05, 0) is 12.8 Å². The van der Waals surface area contributed by atoms with Crippen molar-refractivity contribution in [2.24, 2.45) is 0 Å². The molecule has 6 nitrogen and oxygen atoms in total. The molecule has 0 saturated heterocycles. The highest BCUT2D eigenvalue weighted by Gasteiger charge is 2.17. The molecule has 0 aromatic carbocycles. The van der Waals surface area contributed by atoms with E-state index in [4.69, 9.17) is 9.47 Å². The smallest absolute Gasteiger partial charge is 0.231 e. The molecular weight excluding hydrogens is 392 g/mol. The van der Waals surface area contributed by atoms with Crippen molar-refractivity contribution in [3.8, 4) is 0 Å². The van der Waals surface area contributed by atoms with Crippen molar-refractivity contribution in [2.75, 3.05) is 53.6 Å². The van der Waals surface area contributed by atoms with Gasteiger partial charge in [-0.2, -0.15) is 0 Å². The van der Waals surface area contributed by atoms with Gasteiger partial charge in [0, 0.05) is 40.4 Å². The molecule has 0 bridgehead atoms. The molecule has 2 amide bonds. The van der Waals surface area contributed by atoms with Crippen molar-refractivity contribution < 1.29 is 19.1 Å². The van der Waals surface area contributed by atoms with Gasteiger partial charge >= 0.3 is 0 Å². The van der Waals surface area contributed by atoms with Crippen LogP contribution in [0.4, 0.5) is 0 Å². The molecule has 0 atom stereocenters. The number of unbranched alkanes of at least 4 members (excludes halogenated alkanes) is 10. The summed E-state index contributed by atoms with van der Waals surface area (Å²) in [5, 5.41) is 0. The van der Waals surface area contributed by atoms with Gasteiger partial charge in [-0.25, -0.2) is 0 Å². The molecule has 0 aromatic heterocycles. The van der Waals surface area contributed by atoms with Crippen LogP contribution >= 0.6 is 0 Å². The lowest BCUT2D eigenvalue weighted by Gasteiger charge is -2.20. The standard InChI is InChI=1S/C25H50N2O4/c1-5-7-9-11-13-15-19-30-21-17-26(3)24(28)23-25(29)27(4)18-22-31-20-16-14-12-10-8-6-2/h5-23H2,1-4H3. The van der Waals surface area contributed by atoms with E-state index in [1.807, 2.05) is 0 Å². The fourth-order valence-electron chi connectivity index (χ4n) is 3.22. The summed E-state index contributed by atoms with van der Waals surface area (Å²) in [5.74, 6) is -0.318. The van der Waals surface area contributed by atoms with Gasteiger partial charge in [0.25, 0.3) is 0 Å². The Morgan fingerprint density at radius 2 is 0.903 bits per heavy atom. The second kappa shape index (κ2) is 22.1. The summed E-state index contributed by atoms with van der Waals surface area (Å²) >= 11 is 0. The molecule has 0 heterocycles. The summed E-state index contributed by atoms with van der Waals surface area (Å²) < 4.78 is 11.2. The van der Waals surface area contributed by atoms with E-state index in [1.54, 1.807) is 23.9 Å². The maximum absolute atomic E-state index is 12.2. The van der Waals surface area contributed by atoms with E-state index >= 15 is 0 Å². The number of hydrogen-bond acceptors (Lipinski definition) is 4. The number of ether oxygens (including phenoxy) is 2. The molecule has 184 valence electrons. The quantitative estimate of drug-likeness (QED) is 0.174. The number of nitrogens with zero attached hydrogens (tertiary/aromatic N) is 2. The number of rotatable bonds is 22. The summed E-state index contributed by atoms with van der Waals surface area (Å²) in [6.07, 6.45) is 14.8. The average Bonchev–Trinajstić information content (AvgIpc) is 2.76. The first kappa shape index (κ1) is 29.9. The number of likely N-dealkylation sites (N-methyl/N-ethyl adjacent to an activating group) is 2. The second-order valence-electron chi connectivity index (χ2n) is 8.57. The molecule has 0 aliphatic rings. The molecule has 0 saturated carbocycles. The van der Waals surface area contributed by atoms with Crippen LogP contribution in [0.5, 0.6) is 0 Å². The van der Waals surface area contributed by atoms with Gasteiger partial charge in [0.2, 0.25) is 11.8 Å². The van der Waals surface area contributed by atoms with Crippen LogP contribution in [0.2, 0.25) is 0 Å². The zero-order valence-electron chi connectivity index (χ0n) is 21.0. The summed E-state index contributed by atoms with van der Waals surface area (Å²) in [4.78, 5) is 27.6. The minimum absolute atomic E-state index is 0.0954. The summed E-state index contributed by atoms with van der Waals surface area (Å²) in [6.45, 7) is 8.02. The highest BCUT2D eigenvalue weighted by Crippen LogP contribution is 2.06. The Morgan fingerprint density at radius 1 is 0.548 bits per heavy atom. The highest BCUT2D eigenvalue weighted by molar-refractivity contribution is 5.96. The number of amides is 2. The molecule has 0 fully saturated rings. The zero-order valence-corrected chi connectivity index (χ0v) is 21.0. The Morgan fingerprint density at radius 3 is 1.29 bits per heavy atom. The summed E-state index contributed by atoms with van der Waals surface area (Å²) in [5.41, 5.74) is 0. The fraction of sp³-hybridized carbons (Fsp3) is 0.920. The van der Waals surface area contributed by atoms with Crippen molar-refractivity contribution in [3.05, 3.63) is 0 Å². The minimum Gasteiger partial charge on any atom is -0.380 e. The lowest BCUT2D eigenvalue weighted by Crippen LogP contribution is -2.37. The highest BCUT2D eigenvalue weighted by atomic mass is 16.5. The lowest BCUT2D eigenvalue weighted by molar-refractivity contribution is -0.140. The van der Waals surface area contributed by atoms with E-state index < -0.39 is 0 Å². The molecule has 0 unspecified atom stereocenters. The fourth-order valence-corrected chi connectivity index (χ4v) is 3.22. The third-order valence-corrected chi connectivity index (χ3v) is 5.58. The van der Waals surface area contributed by atoms with Crippen LogP contribution in [-0.4, -0.2) is 75.2 Å². The van der Waals surface area contributed by atoms with Gasteiger partial charge in [-0.1, -0.05) is 78.1 Å². The zero-order chi connectivity index (χ0) is 23.2. The number of carbonyl (C=O) groups excluding carboxylic acids is 2. The Balaban J connectivity index is 3.66. The molecule has 0 N–H and O–H groups in total. The first-order valence-corrected chi connectivity index (χ1v) is 12.7. The monoisotopic (exact) mass is 442 g/mol. The van der Waals surface area contributed by atoms with Gasteiger partial charge in [-0.15, -0.1) is 0 Å².